The second-order valence-corrected chi connectivity index (χ2v) is 6.24. The molecule has 1 amide bonds. The Hall–Kier alpha value is -1.07. The number of carboxylic acids is 1. The van der Waals surface area contributed by atoms with Gasteiger partial charge in [0, 0.05) is 13.1 Å². The van der Waals surface area contributed by atoms with Crippen LogP contribution in [0, 0.1) is 12.3 Å². The van der Waals surface area contributed by atoms with E-state index >= 15 is 0 Å². The van der Waals surface area contributed by atoms with Gasteiger partial charge in [-0.3, -0.25) is 9.59 Å². The van der Waals surface area contributed by atoms with Gasteiger partial charge in [0.1, 0.15) is 4.88 Å². The molecule has 1 aromatic heterocycles. The number of rotatable bonds is 3. The number of nitrogens with zero attached hydrogens (tertiary/aromatic N) is 1. The first kappa shape index (κ1) is 14.3. The summed E-state index contributed by atoms with van der Waals surface area (Å²) in [4.78, 5) is 25.9. The third-order valence-electron chi connectivity index (χ3n) is 3.86. The van der Waals surface area contributed by atoms with Gasteiger partial charge < -0.3 is 10.0 Å². The van der Waals surface area contributed by atoms with Gasteiger partial charge in [-0.2, -0.15) is 0 Å². The van der Waals surface area contributed by atoms with Crippen molar-refractivity contribution in [1.82, 2.24) is 4.90 Å². The van der Waals surface area contributed by atoms with E-state index in [1.54, 1.807) is 4.90 Å². The highest BCUT2D eigenvalue weighted by Gasteiger charge is 2.45. The zero-order valence-corrected chi connectivity index (χ0v) is 12.5. The van der Waals surface area contributed by atoms with Gasteiger partial charge in [0.25, 0.3) is 5.91 Å². The van der Waals surface area contributed by atoms with Crippen LogP contribution in [0.3, 0.4) is 0 Å². The predicted octanol–water partition coefficient (Wildman–Crippen LogP) is 3.04. The fourth-order valence-electron chi connectivity index (χ4n) is 2.38. The van der Waals surface area contributed by atoms with E-state index in [1.165, 1.54) is 11.3 Å². The largest absolute Gasteiger partial charge is 0.481 e. The fraction of sp³-hybridized carbons (Fsp3) is 0.538. The maximum absolute atomic E-state index is 12.4. The molecular weight excluding hydrogens is 286 g/mol. The van der Waals surface area contributed by atoms with Gasteiger partial charge in [-0.05, 0) is 30.7 Å². The molecule has 2 heterocycles. The summed E-state index contributed by atoms with van der Waals surface area (Å²) >= 11 is 7.41. The summed E-state index contributed by atoms with van der Waals surface area (Å²) in [5, 5.41) is 11.7. The number of aryl methyl sites for hydroxylation is 1. The summed E-state index contributed by atoms with van der Waals surface area (Å²) in [6.45, 7) is 4.45. The van der Waals surface area contributed by atoms with E-state index in [1.807, 2.05) is 19.2 Å². The van der Waals surface area contributed by atoms with Crippen LogP contribution in [-0.4, -0.2) is 35.0 Å². The molecule has 2 rings (SSSR count). The second kappa shape index (κ2) is 5.13. The van der Waals surface area contributed by atoms with Crippen LogP contribution in [0.4, 0.5) is 0 Å². The lowest BCUT2D eigenvalue weighted by atomic mass is 9.84. The Balaban J connectivity index is 2.19. The van der Waals surface area contributed by atoms with E-state index < -0.39 is 11.4 Å². The first-order valence-electron chi connectivity index (χ1n) is 6.17. The SMILES string of the molecule is CCC1(C(=O)O)CCN(C(=O)c2scc(C)c2Cl)C1. The minimum atomic E-state index is -0.821. The lowest BCUT2D eigenvalue weighted by Gasteiger charge is -2.22. The third-order valence-corrected chi connectivity index (χ3v) is 5.55. The number of thiophene rings is 1. The Morgan fingerprint density at radius 2 is 2.26 bits per heavy atom. The van der Waals surface area contributed by atoms with Crippen LogP contribution in [0.1, 0.15) is 35.0 Å². The number of aliphatic carboxylic acids is 1. The molecule has 1 atom stereocenters. The van der Waals surface area contributed by atoms with E-state index in [9.17, 15) is 14.7 Å². The molecule has 1 N–H and O–H groups in total. The molecule has 1 unspecified atom stereocenters. The number of hydrogen-bond acceptors (Lipinski definition) is 3. The van der Waals surface area contributed by atoms with Crippen molar-refractivity contribution in [2.24, 2.45) is 5.41 Å². The van der Waals surface area contributed by atoms with Gasteiger partial charge >= 0.3 is 5.97 Å². The van der Waals surface area contributed by atoms with Gasteiger partial charge in [0.15, 0.2) is 0 Å². The highest BCUT2D eigenvalue weighted by atomic mass is 35.5. The maximum atomic E-state index is 12.4. The molecule has 1 aliphatic heterocycles. The lowest BCUT2D eigenvalue weighted by molar-refractivity contribution is -0.148. The minimum Gasteiger partial charge on any atom is -0.481 e. The number of carbonyl (C=O) groups is 2. The Morgan fingerprint density at radius 3 is 2.68 bits per heavy atom. The zero-order chi connectivity index (χ0) is 14.2. The quantitative estimate of drug-likeness (QED) is 0.933. The molecule has 0 aromatic carbocycles. The Labute approximate surface area is 121 Å². The molecule has 1 saturated heterocycles. The number of likely N-dealkylation sites (tertiary alicyclic amines) is 1. The first-order valence-corrected chi connectivity index (χ1v) is 7.43. The van der Waals surface area contributed by atoms with Gasteiger partial charge in [-0.1, -0.05) is 18.5 Å². The topological polar surface area (TPSA) is 57.6 Å². The molecule has 1 fully saturated rings. The molecule has 19 heavy (non-hydrogen) atoms. The summed E-state index contributed by atoms with van der Waals surface area (Å²) < 4.78 is 0. The number of amides is 1. The normalized spacial score (nSPS) is 22.8. The molecule has 0 bridgehead atoms. The molecule has 1 aromatic rings. The van der Waals surface area contributed by atoms with Gasteiger partial charge in [-0.25, -0.2) is 0 Å². The van der Waals surface area contributed by atoms with E-state index in [-0.39, 0.29) is 12.5 Å². The summed E-state index contributed by atoms with van der Waals surface area (Å²) in [5.74, 6) is -0.974. The minimum absolute atomic E-state index is 0.153. The van der Waals surface area contributed by atoms with Crippen LogP contribution in [0.2, 0.25) is 5.02 Å². The Bertz CT molecular complexity index is 528. The van der Waals surface area contributed by atoms with Crippen LogP contribution in [0.15, 0.2) is 5.38 Å². The summed E-state index contributed by atoms with van der Waals surface area (Å²) in [6, 6.07) is 0. The smallest absolute Gasteiger partial charge is 0.311 e. The monoisotopic (exact) mass is 301 g/mol. The van der Waals surface area contributed by atoms with Crippen molar-refractivity contribution in [1.29, 1.82) is 0 Å². The molecule has 104 valence electrons. The number of carbonyl (C=O) groups excluding carboxylic acids is 1. The molecule has 0 radical (unpaired) electrons. The van der Waals surface area contributed by atoms with E-state index in [0.29, 0.717) is 29.3 Å². The molecule has 6 heteroatoms. The van der Waals surface area contributed by atoms with Crippen LogP contribution < -0.4 is 0 Å². The molecule has 0 spiro atoms. The molecule has 4 nitrogen and oxygen atoms in total. The summed E-state index contributed by atoms with van der Waals surface area (Å²) in [5.41, 5.74) is 0.0863. The van der Waals surface area contributed by atoms with Crippen molar-refractivity contribution < 1.29 is 14.7 Å². The number of halogens is 1. The predicted molar refractivity (Wildman–Crippen MR) is 74.9 cm³/mol. The van der Waals surface area contributed by atoms with Gasteiger partial charge in [-0.15, -0.1) is 11.3 Å². The number of hydrogen-bond donors (Lipinski definition) is 1. The van der Waals surface area contributed by atoms with Crippen molar-refractivity contribution in [2.75, 3.05) is 13.1 Å². The highest BCUT2D eigenvalue weighted by Crippen LogP contribution is 2.36. The van der Waals surface area contributed by atoms with Crippen LogP contribution in [0.5, 0.6) is 0 Å². The van der Waals surface area contributed by atoms with Gasteiger partial charge in [0.2, 0.25) is 0 Å². The third kappa shape index (κ3) is 2.37. The second-order valence-electron chi connectivity index (χ2n) is 4.98. The standard InChI is InChI=1S/C13H16ClNO3S/c1-3-13(12(17)18)4-5-15(7-13)11(16)10-9(14)8(2)6-19-10/h6H,3-5,7H2,1-2H3,(H,17,18). The van der Waals surface area contributed by atoms with Crippen LogP contribution >= 0.6 is 22.9 Å². The van der Waals surface area contributed by atoms with Crippen LogP contribution in [-0.2, 0) is 4.79 Å². The molecule has 1 aliphatic rings. The highest BCUT2D eigenvalue weighted by molar-refractivity contribution is 7.13. The maximum Gasteiger partial charge on any atom is 0.311 e. The molecule has 0 aliphatic carbocycles. The van der Waals surface area contributed by atoms with Crippen molar-refractivity contribution in [3.8, 4) is 0 Å². The lowest BCUT2D eigenvalue weighted by Crippen LogP contribution is -2.36. The summed E-state index contributed by atoms with van der Waals surface area (Å²) in [7, 11) is 0. The molecule has 0 saturated carbocycles. The van der Waals surface area contributed by atoms with Crippen molar-refractivity contribution in [2.45, 2.75) is 26.7 Å². The average molecular weight is 302 g/mol. The van der Waals surface area contributed by atoms with E-state index in [2.05, 4.69) is 0 Å². The van der Waals surface area contributed by atoms with Crippen molar-refractivity contribution in [3.63, 3.8) is 0 Å². The van der Waals surface area contributed by atoms with Crippen molar-refractivity contribution in [3.05, 3.63) is 20.8 Å². The first-order chi connectivity index (χ1) is 8.91. The average Bonchev–Trinajstić information content (AvgIpc) is 2.95. The Kier molecular flexibility index (Phi) is 3.87. The molecular formula is C13H16ClNO3S. The van der Waals surface area contributed by atoms with E-state index in [0.717, 1.165) is 5.56 Å². The van der Waals surface area contributed by atoms with Gasteiger partial charge in [0.05, 0.1) is 10.4 Å². The Morgan fingerprint density at radius 1 is 1.58 bits per heavy atom. The summed E-state index contributed by atoms with van der Waals surface area (Å²) in [6.07, 6.45) is 1.04. The fourth-order valence-corrected chi connectivity index (χ4v) is 3.62. The zero-order valence-electron chi connectivity index (χ0n) is 10.9. The number of carboxylic acid groups (broad SMARTS) is 1. The van der Waals surface area contributed by atoms with Crippen molar-refractivity contribution >= 4 is 34.8 Å². The van der Waals surface area contributed by atoms with E-state index in [4.69, 9.17) is 11.6 Å². The van der Waals surface area contributed by atoms with Crippen LogP contribution in [0.25, 0.3) is 0 Å².